The Morgan fingerprint density at radius 1 is 0.433 bits per heavy atom. The van der Waals surface area contributed by atoms with Crippen molar-refractivity contribution in [3.8, 4) is 0 Å². The molecule has 0 aliphatic carbocycles. The Kier molecular flexibility index (Phi) is 19.4. The third-order valence-corrected chi connectivity index (χ3v) is 7.19. The van der Waals surface area contributed by atoms with Crippen LogP contribution in [0, 0.1) is 0 Å². The lowest BCUT2D eigenvalue weighted by Gasteiger charge is -2.40. The molecule has 0 amide bonds. The van der Waals surface area contributed by atoms with Gasteiger partial charge in [0, 0.05) is 0 Å². The molecule has 1 aliphatic rings. The van der Waals surface area contributed by atoms with Crippen LogP contribution in [0.25, 0.3) is 0 Å². The summed E-state index contributed by atoms with van der Waals surface area (Å²) in [5, 5.41) is 7.77. The molecular weight excluding hydrogens is 364 g/mol. The van der Waals surface area contributed by atoms with Gasteiger partial charge in [0.15, 0.2) is 0 Å². The summed E-state index contributed by atoms with van der Waals surface area (Å²) >= 11 is 0. The minimum absolute atomic E-state index is 0.262. The highest BCUT2D eigenvalue weighted by molar-refractivity contribution is 4.88. The van der Waals surface area contributed by atoms with Crippen molar-refractivity contribution in [2.45, 2.75) is 167 Å². The maximum atomic E-state index is 3.88. The van der Waals surface area contributed by atoms with Gasteiger partial charge < -0.3 is 0 Å². The monoisotopic (exact) mass is 422 g/mol. The summed E-state index contributed by atoms with van der Waals surface area (Å²) in [7, 11) is 0. The zero-order chi connectivity index (χ0) is 21.6. The molecule has 1 heterocycles. The average Bonchev–Trinajstić information content (AvgIpc) is 2.77. The third-order valence-electron chi connectivity index (χ3n) is 7.19. The van der Waals surface area contributed by atoms with Crippen LogP contribution in [0.2, 0.25) is 0 Å². The van der Waals surface area contributed by atoms with Crippen LogP contribution in [0.15, 0.2) is 0 Å². The topological polar surface area (TPSA) is 24.1 Å². The Morgan fingerprint density at radius 2 is 0.733 bits per heavy atom. The fourth-order valence-corrected chi connectivity index (χ4v) is 5.11. The molecule has 0 aromatic rings. The van der Waals surface area contributed by atoms with Crippen molar-refractivity contribution in [2.75, 3.05) is 13.1 Å². The number of hydrogen-bond donors (Lipinski definition) is 2. The van der Waals surface area contributed by atoms with Crippen LogP contribution in [0.1, 0.15) is 162 Å². The van der Waals surface area contributed by atoms with E-state index in [0.29, 0.717) is 0 Å². The minimum atomic E-state index is 0.262. The van der Waals surface area contributed by atoms with Crippen LogP contribution >= 0.6 is 0 Å². The molecule has 0 aromatic heterocycles. The van der Waals surface area contributed by atoms with Gasteiger partial charge >= 0.3 is 0 Å². The van der Waals surface area contributed by atoms with Gasteiger partial charge in [0.1, 0.15) is 0 Å². The molecule has 0 atom stereocenters. The molecule has 30 heavy (non-hydrogen) atoms. The van der Waals surface area contributed by atoms with E-state index in [1.165, 1.54) is 161 Å². The molecule has 1 fully saturated rings. The van der Waals surface area contributed by atoms with Gasteiger partial charge in [0.25, 0.3) is 0 Å². The van der Waals surface area contributed by atoms with E-state index >= 15 is 0 Å². The second-order valence-electron chi connectivity index (χ2n) is 10.2. The molecule has 1 aliphatic heterocycles. The number of hydrogen-bond acceptors (Lipinski definition) is 2. The van der Waals surface area contributed by atoms with Gasteiger partial charge in [-0.2, -0.15) is 0 Å². The number of unbranched alkanes of at least 4 members (excludes halogenated alkanes) is 18. The fourth-order valence-electron chi connectivity index (χ4n) is 5.11. The maximum absolute atomic E-state index is 3.88. The Hall–Kier alpha value is -0.0800. The normalized spacial score (nSPS) is 16.2. The molecule has 2 nitrogen and oxygen atoms in total. The molecule has 2 N–H and O–H groups in total. The second kappa shape index (κ2) is 20.8. The fraction of sp³-hybridized carbons (Fsp3) is 1.00. The molecule has 0 spiro atoms. The molecular formula is C28H58N2. The van der Waals surface area contributed by atoms with E-state index in [1.807, 2.05) is 0 Å². The first kappa shape index (κ1) is 28.0. The van der Waals surface area contributed by atoms with Gasteiger partial charge in [-0.05, 0) is 32.4 Å². The van der Waals surface area contributed by atoms with E-state index in [1.54, 1.807) is 0 Å². The number of nitrogens with one attached hydrogen (secondary N) is 2. The molecule has 1 rings (SSSR count). The van der Waals surface area contributed by atoms with Crippen LogP contribution < -0.4 is 10.6 Å². The molecule has 2 heteroatoms. The van der Waals surface area contributed by atoms with Crippen LogP contribution in [0.4, 0.5) is 0 Å². The van der Waals surface area contributed by atoms with Gasteiger partial charge in [-0.15, -0.1) is 0 Å². The van der Waals surface area contributed by atoms with Gasteiger partial charge in [0.05, 0.1) is 5.66 Å². The molecule has 0 unspecified atom stereocenters. The van der Waals surface area contributed by atoms with Crippen molar-refractivity contribution < 1.29 is 0 Å². The van der Waals surface area contributed by atoms with Crippen LogP contribution in [-0.4, -0.2) is 18.8 Å². The van der Waals surface area contributed by atoms with Crippen molar-refractivity contribution in [3.63, 3.8) is 0 Å². The van der Waals surface area contributed by atoms with Gasteiger partial charge in [-0.1, -0.05) is 142 Å². The van der Waals surface area contributed by atoms with Crippen LogP contribution in [0.5, 0.6) is 0 Å². The largest absolute Gasteiger partial charge is 0.299 e. The van der Waals surface area contributed by atoms with Crippen molar-refractivity contribution >= 4 is 0 Å². The molecule has 1 saturated heterocycles. The second-order valence-corrected chi connectivity index (χ2v) is 10.2. The summed E-state index contributed by atoms with van der Waals surface area (Å²) in [5.41, 5.74) is 0.262. The summed E-state index contributed by atoms with van der Waals surface area (Å²) in [6.07, 6.45) is 32.7. The molecule has 0 bridgehead atoms. The van der Waals surface area contributed by atoms with E-state index < -0.39 is 0 Å². The maximum Gasteiger partial charge on any atom is 0.0687 e. The highest BCUT2D eigenvalue weighted by Gasteiger charge is 2.29. The Balaban J connectivity index is 2.02. The quantitative estimate of drug-likeness (QED) is 0.170. The van der Waals surface area contributed by atoms with Crippen LogP contribution in [-0.2, 0) is 0 Å². The summed E-state index contributed by atoms with van der Waals surface area (Å²) in [4.78, 5) is 0. The van der Waals surface area contributed by atoms with Gasteiger partial charge in [-0.25, -0.2) is 0 Å². The Labute approximate surface area is 191 Å². The van der Waals surface area contributed by atoms with Crippen LogP contribution in [0.3, 0.4) is 0 Å². The first-order valence-corrected chi connectivity index (χ1v) is 14.3. The smallest absolute Gasteiger partial charge is 0.0687 e. The van der Waals surface area contributed by atoms with E-state index in [2.05, 4.69) is 24.5 Å². The van der Waals surface area contributed by atoms with Crippen molar-refractivity contribution in [3.05, 3.63) is 0 Å². The lowest BCUT2D eigenvalue weighted by Crippen LogP contribution is -2.60. The van der Waals surface area contributed by atoms with E-state index in [-0.39, 0.29) is 5.66 Å². The summed E-state index contributed by atoms with van der Waals surface area (Å²) in [5.74, 6) is 0. The first-order chi connectivity index (χ1) is 14.8. The SMILES string of the molecule is CCCCCCCCCCCCC1(CCCCCCCCCCCC)NCCCN1. The van der Waals surface area contributed by atoms with Gasteiger partial charge in [-0.3, -0.25) is 10.6 Å². The van der Waals surface area contributed by atoms with E-state index in [9.17, 15) is 0 Å². The summed E-state index contributed by atoms with van der Waals surface area (Å²) in [6, 6.07) is 0. The molecule has 0 saturated carbocycles. The first-order valence-electron chi connectivity index (χ1n) is 14.3. The van der Waals surface area contributed by atoms with Gasteiger partial charge in [0.2, 0.25) is 0 Å². The predicted molar refractivity (Wildman–Crippen MR) is 136 cm³/mol. The van der Waals surface area contributed by atoms with Crippen molar-refractivity contribution in [2.24, 2.45) is 0 Å². The summed E-state index contributed by atoms with van der Waals surface area (Å²) < 4.78 is 0. The van der Waals surface area contributed by atoms with E-state index in [0.717, 1.165) is 0 Å². The third kappa shape index (κ3) is 15.7. The lowest BCUT2D eigenvalue weighted by molar-refractivity contribution is 0.179. The highest BCUT2D eigenvalue weighted by Crippen LogP contribution is 2.23. The Bertz CT molecular complexity index is 310. The zero-order valence-electron chi connectivity index (χ0n) is 21.2. The summed E-state index contributed by atoms with van der Waals surface area (Å²) in [6.45, 7) is 7.03. The highest BCUT2D eigenvalue weighted by atomic mass is 15.2. The number of rotatable bonds is 22. The molecule has 0 radical (unpaired) electrons. The predicted octanol–water partition coefficient (Wildman–Crippen LogP) is 8.89. The zero-order valence-corrected chi connectivity index (χ0v) is 21.2. The molecule has 180 valence electrons. The lowest BCUT2D eigenvalue weighted by atomic mass is 9.92. The molecule has 0 aromatic carbocycles. The minimum Gasteiger partial charge on any atom is -0.299 e. The van der Waals surface area contributed by atoms with Crippen molar-refractivity contribution in [1.82, 2.24) is 10.6 Å². The van der Waals surface area contributed by atoms with E-state index in [4.69, 9.17) is 0 Å². The average molecular weight is 423 g/mol. The Morgan fingerprint density at radius 3 is 1.07 bits per heavy atom. The van der Waals surface area contributed by atoms with Crippen molar-refractivity contribution in [1.29, 1.82) is 0 Å². The standard InChI is InChI=1S/C28H58N2/c1-3-5-7-9-11-13-15-17-19-21-24-28(29-26-23-27-30-28)25-22-20-18-16-14-12-10-8-6-4-2/h29-30H,3-27H2,1-2H3.